The molecule has 2 amide bonds. The largest absolute Gasteiger partial charge is 0.457 e. The molecule has 0 unspecified atom stereocenters. The Morgan fingerprint density at radius 3 is 2.39 bits per heavy atom. The predicted molar refractivity (Wildman–Crippen MR) is 144 cm³/mol. The molecular weight excluding hydrogens is 495 g/mol. The van der Waals surface area contributed by atoms with E-state index in [1.54, 1.807) is 42.5 Å². The zero-order chi connectivity index (χ0) is 25.5. The van der Waals surface area contributed by atoms with Crippen LogP contribution in [-0.2, 0) is 11.2 Å². The van der Waals surface area contributed by atoms with Crippen molar-refractivity contribution in [3.63, 3.8) is 0 Å². The monoisotopic (exact) mass is 518 g/mol. The number of rotatable bonds is 8. The summed E-state index contributed by atoms with van der Waals surface area (Å²) in [6.45, 7) is 2.35. The zero-order valence-electron chi connectivity index (χ0n) is 19.6. The number of aryl methyl sites for hydroxylation is 1. The van der Waals surface area contributed by atoms with Gasteiger partial charge in [-0.3, -0.25) is 9.59 Å². The summed E-state index contributed by atoms with van der Waals surface area (Å²) in [5.74, 6) is 0.0749. The lowest BCUT2D eigenvalue weighted by molar-refractivity contribution is -0.117. The molecule has 0 bridgehead atoms. The number of carbonyl (C=O) groups excluding carboxylic acids is 2. The molecule has 0 saturated heterocycles. The van der Waals surface area contributed by atoms with Crippen LogP contribution in [0.5, 0.6) is 0 Å². The van der Waals surface area contributed by atoms with Gasteiger partial charge in [-0.1, -0.05) is 71.2 Å². The van der Waals surface area contributed by atoms with Crippen molar-refractivity contribution in [3.05, 3.63) is 123 Å². The van der Waals surface area contributed by atoms with Crippen LogP contribution >= 0.6 is 23.2 Å². The average Bonchev–Trinajstić information content (AvgIpc) is 3.32. The van der Waals surface area contributed by atoms with Crippen molar-refractivity contribution in [2.75, 3.05) is 6.54 Å². The number of amides is 2. The van der Waals surface area contributed by atoms with Gasteiger partial charge in [-0.15, -0.1) is 0 Å². The third kappa shape index (κ3) is 6.66. The Kier molecular flexibility index (Phi) is 8.26. The summed E-state index contributed by atoms with van der Waals surface area (Å²) in [6.07, 6.45) is 2.16. The van der Waals surface area contributed by atoms with Gasteiger partial charge in [-0.25, -0.2) is 0 Å². The molecule has 5 nitrogen and oxygen atoms in total. The number of halogens is 2. The predicted octanol–water partition coefficient (Wildman–Crippen LogP) is 6.69. The van der Waals surface area contributed by atoms with Crippen molar-refractivity contribution in [1.82, 2.24) is 10.6 Å². The van der Waals surface area contributed by atoms with Crippen LogP contribution in [0.2, 0.25) is 10.0 Å². The lowest BCUT2D eigenvalue weighted by Gasteiger charge is -2.11. The maximum absolute atomic E-state index is 13.1. The Hall–Kier alpha value is -3.80. The first-order chi connectivity index (χ1) is 17.4. The smallest absolute Gasteiger partial charge is 0.267 e. The van der Waals surface area contributed by atoms with E-state index in [9.17, 15) is 9.59 Å². The second kappa shape index (κ2) is 11.8. The minimum atomic E-state index is -0.422. The fourth-order valence-electron chi connectivity index (χ4n) is 3.52. The number of hydrogen-bond donors (Lipinski definition) is 2. The summed E-state index contributed by atoms with van der Waals surface area (Å²) in [5, 5.41) is 6.56. The lowest BCUT2D eigenvalue weighted by atomic mass is 10.1. The van der Waals surface area contributed by atoms with Crippen LogP contribution < -0.4 is 10.6 Å². The van der Waals surface area contributed by atoms with E-state index in [-0.39, 0.29) is 5.70 Å². The van der Waals surface area contributed by atoms with Crippen LogP contribution in [-0.4, -0.2) is 18.4 Å². The first-order valence-electron chi connectivity index (χ1n) is 11.4. The Bertz CT molecular complexity index is 1390. The molecule has 0 spiro atoms. The highest BCUT2D eigenvalue weighted by Crippen LogP contribution is 2.32. The van der Waals surface area contributed by atoms with Gasteiger partial charge in [0.15, 0.2) is 0 Å². The molecule has 182 valence electrons. The molecule has 0 aliphatic carbocycles. The van der Waals surface area contributed by atoms with E-state index >= 15 is 0 Å². The minimum Gasteiger partial charge on any atom is -0.457 e. The van der Waals surface area contributed by atoms with Crippen LogP contribution in [0.3, 0.4) is 0 Å². The third-order valence-corrected chi connectivity index (χ3v) is 6.01. The molecule has 2 N–H and O–H groups in total. The topological polar surface area (TPSA) is 71.3 Å². The van der Waals surface area contributed by atoms with E-state index in [1.165, 1.54) is 6.08 Å². The summed E-state index contributed by atoms with van der Waals surface area (Å²) in [7, 11) is 0. The van der Waals surface area contributed by atoms with E-state index in [2.05, 4.69) is 10.6 Å². The molecule has 4 rings (SSSR count). The van der Waals surface area contributed by atoms with Gasteiger partial charge in [0, 0.05) is 28.8 Å². The van der Waals surface area contributed by atoms with Crippen LogP contribution in [0.25, 0.3) is 17.4 Å². The highest BCUT2D eigenvalue weighted by atomic mass is 35.5. The van der Waals surface area contributed by atoms with Crippen molar-refractivity contribution in [1.29, 1.82) is 0 Å². The van der Waals surface area contributed by atoms with Crippen molar-refractivity contribution in [3.8, 4) is 11.3 Å². The summed E-state index contributed by atoms with van der Waals surface area (Å²) in [4.78, 5) is 25.9. The first kappa shape index (κ1) is 25.3. The fourth-order valence-corrected chi connectivity index (χ4v) is 4.03. The highest BCUT2D eigenvalue weighted by molar-refractivity contribution is 6.36. The summed E-state index contributed by atoms with van der Waals surface area (Å²) in [6, 6.07) is 25.5. The van der Waals surface area contributed by atoms with Crippen LogP contribution in [0.15, 0.2) is 95.0 Å². The highest BCUT2D eigenvalue weighted by Gasteiger charge is 2.16. The van der Waals surface area contributed by atoms with E-state index in [0.29, 0.717) is 45.7 Å². The van der Waals surface area contributed by atoms with E-state index in [1.807, 2.05) is 49.4 Å². The van der Waals surface area contributed by atoms with E-state index < -0.39 is 11.8 Å². The number of carbonyl (C=O) groups is 2. The fraction of sp³-hybridized carbons (Fsp3) is 0.103. The molecule has 7 heteroatoms. The second-order valence-electron chi connectivity index (χ2n) is 8.20. The number of nitrogens with one attached hydrogen (secondary N) is 2. The standard InChI is InChI=1S/C29H24Cl2N2O3/c1-19-7-9-21(10-8-19)28(34)33-26(29(35)32-16-15-20-5-3-2-4-6-20)18-23-12-14-27(36-23)24-13-11-22(30)17-25(24)31/h2-14,17-18H,15-16H2,1H3,(H,32,35)(H,33,34). The summed E-state index contributed by atoms with van der Waals surface area (Å²) < 4.78 is 5.91. The van der Waals surface area contributed by atoms with Crippen LogP contribution in [0.1, 0.15) is 27.2 Å². The normalized spacial score (nSPS) is 11.2. The van der Waals surface area contributed by atoms with Crippen LogP contribution in [0.4, 0.5) is 0 Å². The lowest BCUT2D eigenvalue weighted by Crippen LogP contribution is -2.35. The number of benzene rings is 3. The van der Waals surface area contributed by atoms with Gasteiger partial charge >= 0.3 is 0 Å². The summed E-state index contributed by atoms with van der Waals surface area (Å²) in [5.41, 5.74) is 3.30. The Morgan fingerprint density at radius 1 is 0.917 bits per heavy atom. The van der Waals surface area contributed by atoms with Crippen molar-refractivity contribution in [2.45, 2.75) is 13.3 Å². The van der Waals surface area contributed by atoms with Gasteiger partial charge in [0.25, 0.3) is 11.8 Å². The summed E-state index contributed by atoms with van der Waals surface area (Å²) >= 11 is 12.3. The molecule has 1 heterocycles. The second-order valence-corrected chi connectivity index (χ2v) is 9.04. The van der Waals surface area contributed by atoms with E-state index in [4.69, 9.17) is 27.6 Å². The molecule has 0 saturated carbocycles. The molecule has 0 aliphatic rings. The van der Waals surface area contributed by atoms with Crippen molar-refractivity contribution in [2.24, 2.45) is 0 Å². The molecule has 36 heavy (non-hydrogen) atoms. The van der Waals surface area contributed by atoms with Crippen molar-refractivity contribution >= 4 is 41.1 Å². The molecular formula is C29H24Cl2N2O3. The first-order valence-corrected chi connectivity index (χ1v) is 12.1. The van der Waals surface area contributed by atoms with Crippen molar-refractivity contribution < 1.29 is 14.0 Å². The zero-order valence-corrected chi connectivity index (χ0v) is 21.1. The van der Waals surface area contributed by atoms with E-state index in [0.717, 1.165) is 11.1 Å². The van der Waals surface area contributed by atoms with Crippen LogP contribution in [0, 0.1) is 6.92 Å². The molecule has 3 aromatic carbocycles. The molecule has 0 fully saturated rings. The molecule has 1 aromatic heterocycles. The van der Waals surface area contributed by atoms with Gasteiger partial charge in [0.05, 0.1) is 5.02 Å². The molecule has 0 radical (unpaired) electrons. The Balaban J connectivity index is 1.55. The maximum Gasteiger partial charge on any atom is 0.267 e. The van der Waals surface area contributed by atoms with Gasteiger partial charge in [-0.2, -0.15) is 0 Å². The minimum absolute atomic E-state index is 0.0664. The third-order valence-electron chi connectivity index (χ3n) is 5.46. The van der Waals surface area contributed by atoms with Gasteiger partial charge < -0.3 is 15.1 Å². The number of furan rings is 1. The average molecular weight is 519 g/mol. The van der Waals surface area contributed by atoms with Gasteiger partial charge in [0.2, 0.25) is 0 Å². The Labute approximate surface area is 219 Å². The SMILES string of the molecule is Cc1ccc(C(=O)NC(=Cc2ccc(-c3ccc(Cl)cc3Cl)o2)C(=O)NCCc2ccccc2)cc1. The maximum atomic E-state index is 13.1. The molecule has 0 aliphatic heterocycles. The molecule has 0 atom stereocenters. The Morgan fingerprint density at radius 2 is 1.67 bits per heavy atom. The molecule has 4 aromatic rings. The van der Waals surface area contributed by atoms with Gasteiger partial charge in [-0.05, 0) is 61.4 Å². The quantitative estimate of drug-likeness (QED) is 0.255. The van der Waals surface area contributed by atoms with Gasteiger partial charge in [0.1, 0.15) is 17.2 Å². The number of hydrogen-bond acceptors (Lipinski definition) is 3.